The van der Waals surface area contributed by atoms with Crippen molar-refractivity contribution in [2.75, 3.05) is 25.0 Å². The largest absolute Gasteiger partial charge is 0.290 e. The van der Waals surface area contributed by atoms with Crippen LogP contribution in [0.5, 0.6) is 0 Å². The first-order valence-corrected chi connectivity index (χ1v) is 8.83. The normalized spacial score (nSPS) is 18.5. The van der Waals surface area contributed by atoms with Gasteiger partial charge in [-0.05, 0) is 39.3 Å². The number of carbonyl (C=O) groups excluding carboxylic acids is 1. The maximum atomic E-state index is 12.5. The van der Waals surface area contributed by atoms with Gasteiger partial charge in [0, 0.05) is 30.4 Å². The molecule has 23 heavy (non-hydrogen) atoms. The Kier molecular flexibility index (Phi) is 4.77. The van der Waals surface area contributed by atoms with E-state index in [4.69, 9.17) is 0 Å². The summed E-state index contributed by atoms with van der Waals surface area (Å²) in [5.74, 6) is 0.0974. The summed E-state index contributed by atoms with van der Waals surface area (Å²) in [4.78, 5) is 20.6. The highest BCUT2D eigenvalue weighted by Crippen LogP contribution is 2.21. The summed E-state index contributed by atoms with van der Waals surface area (Å²) in [6, 6.07) is 2.47. The van der Waals surface area contributed by atoms with E-state index in [-0.39, 0.29) is 5.91 Å². The number of amides is 1. The Morgan fingerprint density at radius 3 is 2.96 bits per heavy atom. The van der Waals surface area contributed by atoms with Gasteiger partial charge in [-0.1, -0.05) is 0 Å². The summed E-state index contributed by atoms with van der Waals surface area (Å²) in [5.41, 5.74) is 2.23. The van der Waals surface area contributed by atoms with Crippen LogP contribution in [0.1, 0.15) is 24.2 Å². The molecule has 3 heterocycles. The number of thiazole rings is 1. The Morgan fingerprint density at radius 2 is 2.30 bits per heavy atom. The molecule has 1 aliphatic rings. The van der Waals surface area contributed by atoms with E-state index in [1.165, 1.54) is 17.0 Å². The van der Waals surface area contributed by atoms with Crippen LogP contribution < -0.4 is 4.90 Å². The van der Waals surface area contributed by atoms with E-state index in [1.54, 1.807) is 18.1 Å². The van der Waals surface area contributed by atoms with Crippen LogP contribution in [0.25, 0.3) is 0 Å². The van der Waals surface area contributed by atoms with Crippen LogP contribution >= 0.6 is 11.3 Å². The molecule has 0 saturated carbocycles. The SMILES string of the molecule is Cc1cc(C)n(CC2CCCN2CC(=O)N(C)c2nccs2)n1. The molecule has 0 N–H and O–H groups in total. The summed E-state index contributed by atoms with van der Waals surface area (Å²) < 4.78 is 2.06. The molecule has 1 unspecified atom stereocenters. The lowest BCUT2D eigenvalue weighted by molar-refractivity contribution is -0.119. The number of hydrogen-bond donors (Lipinski definition) is 0. The molecule has 1 amide bonds. The first-order valence-electron chi connectivity index (χ1n) is 7.96. The van der Waals surface area contributed by atoms with Gasteiger partial charge in [-0.15, -0.1) is 11.3 Å². The van der Waals surface area contributed by atoms with E-state index in [9.17, 15) is 4.79 Å². The lowest BCUT2D eigenvalue weighted by Crippen LogP contribution is -2.42. The number of carbonyl (C=O) groups is 1. The maximum absolute atomic E-state index is 12.5. The first-order chi connectivity index (χ1) is 11.0. The van der Waals surface area contributed by atoms with Crippen molar-refractivity contribution in [3.8, 4) is 0 Å². The summed E-state index contributed by atoms with van der Waals surface area (Å²) in [6.45, 7) is 6.37. The van der Waals surface area contributed by atoms with Crippen molar-refractivity contribution in [2.45, 2.75) is 39.3 Å². The molecule has 1 saturated heterocycles. The van der Waals surface area contributed by atoms with E-state index in [1.807, 2.05) is 12.3 Å². The second kappa shape index (κ2) is 6.80. The molecule has 6 nitrogen and oxygen atoms in total. The average Bonchev–Trinajstić information content (AvgIpc) is 3.22. The number of aryl methyl sites for hydroxylation is 2. The van der Waals surface area contributed by atoms with Crippen molar-refractivity contribution < 1.29 is 4.79 Å². The fourth-order valence-corrected chi connectivity index (χ4v) is 3.76. The molecule has 0 aromatic carbocycles. The van der Waals surface area contributed by atoms with Crippen LogP contribution in [-0.4, -0.2) is 51.8 Å². The Hall–Kier alpha value is -1.73. The molecule has 7 heteroatoms. The van der Waals surface area contributed by atoms with Crippen molar-refractivity contribution in [3.05, 3.63) is 29.0 Å². The summed E-state index contributed by atoms with van der Waals surface area (Å²) in [7, 11) is 1.80. The third-order valence-electron chi connectivity index (χ3n) is 4.40. The van der Waals surface area contributed by atoms with Gasteiger partial charge in [0.25, 0.3) is 0 Å². The van der Waals surface area contributed by atoms with Gasteiger partial charge in [-0.2, -0.15) is 5.10 Å². The van der Waals surface area contributed by atoms with E-state index in [2.05, 4.69) is 32.7 Å². The Morgan fingerprint density at radius 1 is 1.48 bits per heavy atom. The third-order valence-corrected chi connectivity index (χ3v) is 5.25. The topological polar surface area (TPSA) is 54.3 Å². The molecule has 1 atom stereocenters. The number of rotatable bonds is 5. The zero-order valence-corrected chi connectivity index (χ0v) is 14.7. The minimum Gasteiger partial charge on any atom is -0.290 e. The zero-order valence-electron chi connectivity index (χ0n) is 13.9. The summed E-state index contributed by atoms with van der Waals surface area (Å²) in [5, 5.41) is 7.19. The molecule has 0 radical (unpaired) electrons. The second-order valence-corrected chi connectivity index (χ2v) is 7.02. The quantitative estimate of drug-likeness (QED) is 0.841. The van der Waals surface area contributed by atoms with Crippen LogP contribution in [0.4, 0.5) is 5.13 Å². The fraction of sp³-hybridized carbons (Fsp3) is 0.562. The smallest absolute Gasteiger partial charge is 0.242 e. The number of likely N-dealkylation sites (tertiary alicyclic amines) is 1. The Bertz CT molecular complexity index is 666. The van der Waals surface area contributed by atoms with Gasteiger partial charge in [0.1, 0.15) is 0 Å². The zero-order chi connectivity index (χ0) is 16.4. The first kappa shape index (κ1) is 16.1. The van der Waals surface area contributed by atoms with Gasteiger partial charge in [0.2, 0.25) is 5.91 Å². The number of anilines is 1. The summed E-state index contributed by atoms with van der Waals surface area (Å²) >= 11 is 1.49. The van der Waals surface area contributed by atoms with E-state index in [0.29, 0.717) is 12.6 Å². The van der Waals surface area contributed by atoms with E-state index < -0.39 is 0 Å². The molecule has 0 spiro atoms. The van der Waals surface area contributed by atoms with Crippen molar-refractivity contribution >= 4 is 22.4 Å². The molecule has 0 bridgehead atoms. The Balaban J connectivity index is 1.62. The van der Waals surface area contributed by atoms with Crippen LogP contribution in [0, 0.1) is 13.8 Å². The molecule has 0 aliphatic carbocycles. The third kappa shape index (κ3) is 3.61. The highest BCUT2D eigenvalue weighted by atomic mass is 32.1. The second-order valence-electron chi connectivity index (χ2n) is 6.14. The standard InChI is InChI=1S/C16H23N5OS/c1-12-9-13(2)21(18-12)10-14-5-4-7-20(14)11-15(22)19(3)16-17-6-8-23-16/h6,8-9,14H,4-5,7,10-11H2,1-3H3. The van der Waals surface area contributed by atoms with Crippen molar-refractivity contribution in [2.24, 2.45) is 0 Å². The lowest BCUT2D eigenvalue weighted by atomic mass is 10.2. The van der Waals surface area contributed by atoms with Crippen LogP contribution in [0.2, 0.25) is 0 Å². The van der Waals surface area contributed by atoms with Crippen molar-refractivity contribution in [1.29, 1.82) is 0 Å². The predicted molar refractivity (Wildman–Crippen MR) is 91.8 cm³/mol. The molecule has 1 aliphatic heterocycles. The van der Waals surface area contributed by atoms with E-state index >= 15 is 0 Å². The monoisotopic (exact) mass is 333 g/mol. The highest BCUT2D eigenvalue weighted by molar-refractivity contribution is 7.13. The number of aromatic nitrogens is 3. The highest BCUT2D eigenvalue weighted by Gasteiger charge is 2.28. The minimum atomic E-state index is 0.0974. The Labute approximate surface area is 140 Å². The molecule has 2 aromatic rings. The van der Waals surface area contributed by atoms with Crippen LogP contribution in [-0.2, 0) is 11.3 Å². The van der Waals surface area contributed by atoms with Crippen molar-refractivity contribution in [3.63, 3.8) is 0 Å². The van der Waals surface area contributed by atoms with Gasteiger partial charge in [0.05, 0.1) is 18.8 Å². The summed E-state index contributed by atoms with van der Waals surface area (Å²) in [6.07, 6.45) is 3.98. The molecule has 3 rings (SSSR count). The van der Waals surface area contributed by atoms with Gasteiger partial charge >= 0.3 is 0 Å². The van der Waals surface area contributed by atoms with Crippen LogP contribution in [0.15, 0.2) is 17.6 Å². The maximum Gasteiger partial charge on any atom is 0.242 e. The van der Waals surface area contributed by atoms with E-state index in [0.717, 1.165) is 36.8 Å². The van der Waals surface area contributed by atoms with Crippen molar-refractivity contribution in [1.82, 2.24) is 19.7 Å². The number of nitrogens with zero attached hydrogens (tertiary/aromatic N) is 5. The molecule has 2 aromatic heterocycles. The van der Waals surface area contributed by atoms with Gasteiger partial charge < -0.3 is 0 Å². The van der Waals surface area contributed by atoms with Gasteiger partial charge in [-0.3, -0.25) is 19.3 Å². The lowest BCUT2D eigenvalue weighted by Gasteiger charge is -2.26. The molecule has 1 fully saturated rings. The fourth-order valence-electron chi connectivity index (χ4n) is 3.14. The predicted octanol–water partition coefficient (Wildman–Crippen LogP) is 2.08. The number of likely N-dealkylation sites (N-methyl/N-ethyl adjacent to an activating group) is 1. The molecular weight excluding hydrogens is 310 g/mol. The average molecular weight is 333 g/mol. The minimum absolute atomic E-state index is 0.0974. The van der Waals surface area contributed by atoms with Gasteiger partial charge in [-0.25, -0.2) is 4.98 Å². The number of hydrogen-bond acceptors (Lipinski definition) is 5. The molecular formula is C16H23N5OS. The van der Waals surface area contributed by atoms with Crippen LogP contribution in [0.3, 0.4) is 0 Å². The van der Waals surface area contributed by atoms with Gasteiger partial charge in [0.15, 0.2) is 5.13 Å². The molecule has 124 valence electrons.